The summed E-state index contributed by atoms with van der Waals surface area (Å²) >= 11 is 0. The molecule has 2 fully saturated rings. The summed E-state index contributed by atoms with van der Waals surface area (Å²) in [5.41, 5.74) is 0.403. The van der Waals surface area contributed by atoms with Gasteiger partial charge in [0.1, 0.15) is 0 Å². The standard InChI is InChI=1S/C17H26N4O3S/c1-3-14-6-4-5-8-21(14)17-18-10-13(11-19-17)16(22)20(2)15-7-9-25(23,24)12-15/h10-11,14-15H,3-9,12H2,1-2H3. The van der Waals surface area contributed by atoms with E-state index < -0.39 is 9.84 Å². The zero-order chi connectivity index (χ0) is 18.0. The Kier molecular flexibility index (Phi) is 5.27. The highest BCUT2D eigenvalue weighted by molar-refractivity contribution is 7.91. The van der Waals surface area contributed by atoms with Gasteiger partial charge in [0.05, 0.1) is 17.1 Å². The van der Waals surface area contributed by atoms with E-state index in [2.05, 4.69) is 21.8 Å². The van der Waals surface area contributed by atoms with E-state index in [9.17, 15) is 13.2 Å². The predicted molar refractivity (Wildman–Crippen MR) is 96.5 cm³/mol. The molecule has 3 heterocycles. The Labute approximate surface area is 149 Å². The van der Waals surface area contributed by atoms with Gasteiger partial charge >= 0.3 is 0 Å². The molecule has 2 saturated heterocycles. The van der Waals surface area contributed by atoms with Crippen molar-refractivity contribution in [1.82, 2.24) is 14.9 Å². The topological polar surface area (TPSA) is 83.5 Å². The summed E-state index contributed by atoms with van der Waals surface area (Å²) in [5.74, 6) is 0.645. The van der Waals surface area contributed by atoms with Gasteiger partial charge in [-0.2, -0.15) is 0 Å². The lowest BCUT2D eigenvalue weighted by Gasteiger charge is -2.35. The lowest BCUT2D eigenvalue weighted by molar-refractivity contribution is 0.0747. The number of nitrogens with zero attached hydrogens (tertiary/aromatic N) is 4. The molecule has 138 valence electrons. The van der Waals surface area contributed by atoms with Crippen LogP contribution in [0.1, 0.15) is 49.4 Å². The van der Waals surface area contributed by atoms with Gasteiger partial charge in [-0.05, 0) is 32.1 Å². The molecule has 3 rings (SSSR count). The van der Waals surface area contributed by atoms with E-state index in [4.69, 9.17) is 0 Å². The van der Waals surface area contributed by atoms with E-state index in [0.717, 1.165) is 25.8 Å². The van der Waals surface area contributed by atoms with Crippen molar-refractivity contribution in [1.29, 1.82) is 0 Å². The van der Waals surface area contributed by atoms with Crippen LogP contribution in [0.2, 0.25) is 0 Å². The number of carbonyl (C=O) groups is 1. The summed E-state index contributed by atoms with van der Waals surface area (Å²) < 4.78 is 23.2. The number of anilines is 1. The number of carbonyl (C=O) groups excluding carboxylic acids is 1. The molecule has 8 heteroatoms. The average Bonchev–Trinajstić information content (AvgIpc) is 3.00. The molecule has 1 amide bonds. The molecule has 2 unspecified atom stereocenters. The molecule has 0 radical (unpaired) electrons. The van der Waals surface area contributed by atoms with Crippen LogP contribution in [-0.4, -0.2) is 66.4 Å². The third kappa shape index (κ3) is 3.94. The van der Waals surface area contributed by atoms with Gasteiger partial charge in [-0.1, -0.05) is 6.92 Å². The number of piperidine rings is 1. The zero-order valence-corrected chi connectivity index (χ0v) is 15.7. The molecule has 2 aliphatic heterocycles. The van der Waals surface area contributed by atoms with Crippen LogP contribution in [0.3, 0.4) is 0 Å². The summed E-state index contributed by atoms with van der Waals surface area (Å²) in [4.78, 5) is 25.1. The average molecular weight is 366 g/mol. The molecule has 25 heavy (non-hydrogen) atoms. The first-order valence-electron chi connectivity index (χ1n) is 8.97. The van der Waals surface area contributed by atoms with Crippen LogP contribution >= 0.6 is 0 Å². The quantitative estimate of drug-likeness (QED) is 0.803. The van der Waals surface area contributed by atoms with Crippen molar-refractivity contribution in [3.63, 3.8) is 0 Å². The first kappa shape index (κ1) is 18.1. The van der Waals surface area contributed by atoms with Crippen LogP contribution in [-0.2, 0) is 9.84 Å². The number of hydrogen-bond acceptors (Lipinski definition) is 6. The van der Waals surface area contributed by atoms with Crippen molar-refractivity contribution >= 4 is 21.7 Å². The Morgan fingerprint density at radius 1 is 1.28 bits per heavy atom. The summed E-state index contributed by atoms with van der Waals surface area (Å²) in [7, 11) is -1.37. The molecule has 2 aliphatic rings. The minimum atomic E-state index is -3.02. The summed E-state index contributed by atoms with van der Waals surface area (Å²) in [6.45, 7) is 3.12. The van der Waals surface area contributed by atoms with Crippen LogP contribution < -0.4 is 4.90 Å². The van der Waals surface area contributed by atoms with Gasteiger partial charge in [0, 0.05) is 38.1 Å². The number of amides is 1. The third-order valence-electron chi connectivity index (χ3n) is 5.32. The monoisotopic (exact) mass is 366 g/mol. The third-order valence-corrected chi connectivity index (χ3v) is 7.07. The summed E-state index contributed by atoms with van der Waals surface area (Å²) in [6, 6.07) is 0.199. The number of hydrogen-bond donors (Lipinski definition) is 0. The summed E-state index contributed by atoms with van der Waals surface area (Å²) in [5, 5.41) is 0. The van der Waals surface area contributed by atoms with Gasteiger partial charge in [-0.15, -0.1) is 0 Å². The maximum absolute atomic E-state index is 12.6. The minimum Gasteiger partial charge on any atom is -0.338 e. The molecule has 0 aliphatic carbocycles. The van der Waals surface area contributed by atoms with Crippen molar-refractivity contribution in [3.8, 4) is 0 Å². The fraction of sp³-hybridized carbons (Fsp3) is 0.706. The smallest absolute Gasteiger partial charge is 0.257 e. The van der Waals surface area contributed by atoms with Gasteiger partial charge in [-0.3, -0.25) is 4.79 Å². The molecule has 0 N–H and O–H groups in total. The Morgan fingerprint density at radius 3 is 2.60 bits per heavy atom. The van der Waals surface area contributed by atoms with Crippen LogP contribution in [0.25, 0.3) is 0 Å². The highest BCUT2D eigenvalue weighted by Crippen LogP contribution is 2.24. The van der Waals surface area contributed by atoms with Crippen molar-refractivity contribution in [2.24, 2.45) is 0 Å². The van der Waals surface area contributed by atoms with Gasteiger partial charge in [-0.25, -0.2) is 18.4 Å². The van der Waals surface area contributed by atoms with Gasteiger partial charge in [0.15, 0.2) is 9.84 Å². The van der Waals surface area contributed by atoms with E-state index in [0.29, 0.717) is 24.0 Å². The Bertz CT molecular complexity index is 720. The van der Waals surface area contributed by atoms with E-state index in [-0.39, 0.29) is 23.5 Å². The van der Waals surface area contributed by atoms with Crippen molar-refractivity contribution in [3.05, 3.63) is 18.0 Å². The van der Waals surface area contributed by atoms with Crippen LogP contribution in [0.15, 0.2) is 12.4 Å². The molecule has 2 atom stereocenters. The number of aromatic nitrogens is 2. The molecular formula is C17H26N4O3S. The molecule has 0 aromatic carbocycles. The van der Waals surface area contributed by atoms with E-state index >= 15 is 0 Å². The van der Waals surface area contributed by atoms with Gasteiger partial charge in [0.2, 0.25) is 5.95 Å². The van der Waals surface area contributed by atoms with Gasteiger partial charge in [0.25, 0.3) is 5.91 Å². The van der Waals surface area contributed by atoms with E-state index in [1.54, 1.807) is 19.4 Å². The van der Waals surface area contributed by atoms with Crippen LogP contribution in [0, 0.1) is 0 Å². The fourth-order valence-electron chi connectivity index (χ4n) is 3.72. The molecular weight excluding hydrogens is 340 g/mol. The Balaban J connectivity index is 1.70. The van der Waals surface area contributed by atoms with Crippen LogP contribution in [0.5, 0.6) is 0 Å². The van der Waals surface area contributed by atoms with E-state index in [1.165, 1.54) is 11.3 Å². The maximum Gasteiger partial charge on any atom is 0.257 e. The van der Waals surface area contributed by atoms with Crippen LogP contribution in [0.4, 0.5) is 5.95 Å². The van der Waals surface area contributed by atoms with Crippen molar-refractivity contribution in [2.75, 3.05) is 30.0 Å². The zero-order valence-electron chi connectivity index (χ0n) is 14.9. The molecule has 1 aromatic heterocycles. The number of rotatable bonds is 4. The molecule has 7 nitrogen and oxygen atoms in total. The Morgan fingerprint density at radius 2 is 2.00 bits per heavy atom. The highest BCUT2D eigenvalue weighted by Gasteiger charge is 2.33. The van der Waals surface area contributed by atoms with E-state index in [1.807, 2.05) is 0 Å². The Hall–Kier alpha value is -1.70. The largest absolute Gasteiger partial charge is 0.338 e. The second kappa shape index (κ2) is 7.27. The fourth-order valence-corrected chi connectivity index (χ4v) is 5.49. The minimum absolute atomic E-state index is 0.0418. The molecule has 1 aromatic rings. The second-order valence-corrected chi connectivity index (χ2v) is 9.22. The van der Waals surface area contributed by atoms with Gasteiger partial charge < -0.3 is 9.80 Å². The maximum atomic E-state index is 12.6. The summed E-state index contributed by atoms with van der Waals surface area (Å²) in [6.07, 6.45) is 8.20. The second-order valence-electron chi connectivity index (χ2n) is 7.00. The lowest BCUT2D eigenvalue weighted by Crippen LogP contribution is -2.40. The molecule has 0 saturated carbocycles. The highest BCUT2D eigenvalue weighted by atomic mass is 32.2. The SMILES string of the molecule is CCC1CCCCN1c1ncc(C(=O)N(C)C2CCS(=O)(=O)C2)cn1. The number of sulfone groups is 1. The van der Waals surface area contributed by atoms with Crippen molar-refractivity contribution in [2.45, 2.75) is 51.1 Å². The molecule has 0 spiro atoms. The van der Waals surface area contributed by atoms with Crippen molar-refractivity contribution < 1.29 is 13.2 Å². The molecule has 0 bridgehead atoms. The first-order valence-corrected chi connectivity index (χ1v) is 10.8. The first-order chi connectivity index (χ1) is 11.9. The normalized spacial score (nSPS) is 25.8. The predicted octanol–water partition coefficient (Wildman–Crippen LogP) is 1.50. The lowest BCUT2D eigenvalue weighted by atomic mass is 10.0.